The molecule has 6 nitrogen and oxygen atoms in total. The van der Waals surface area contributed by atoms with E-state index in [1.54, 1.807) is 14.2 Å². The van der Waals surface area contributed by atoms with Crippen molar-refractivity contribution in [1.82, 2.24) is 0 Å². The maximum Gasteiger partial charge on any atom is 0.129 e. The highest BCUT2D eigenvalue weighted by atomic mass is 16.5. The van der Waals surface area contributed by atoms with E-state index < -0.39 is 0 Å². The van der Waals surface area contributed by atoms with Crippen molar-refractivity contribution in [3.8, 4) is 11.5 Å². The molecule has 4 aliphatic rings. The summed E-state index contributed by atoms with van der Waals surface area (Å²) in [6.45, 7) is 7.99. The minimum atomic E-state index is 0.451. The lowest BCUT2D eigenvalue weighted by atomic mass is 10.1. The van der Waals surface area contributed by atoms with Crippen LogP contribution < -0.4 is 9.47 Å². The van der Waals surface area contributed by atoms with Gasteiger partial charge in [0, 0.05) is 22.3 Å². The second-order valence-electron chi connectivity index (χ2n) is 10.8. The Morgan fingerprint density at radius 3 is 0.857 bits per heavy atom. The zero-order valence-electron chi connectivity index (χ0n) is 25.0. The van der Waals surface area contributed by atoms with Crippen molar-refractivity contribution in [2.45, 2.75) is 66.7 Å². The summed E-state index contributed by atoms with van der Waals surface area (Å²) in [4.78, 5) is 0. The van der Waals surface area contributed by atoms with Crippen LogP contribution in [0.4, 0.5) is 0 Å². The highest BCUT2D eigenvalue weighted by molar-refractivity contribution is 5.45. The summed E-state index contributed by atoms with van der Waals surface area (Å²) in [5.74, 6) is 1.64. The van der Waals surface area contributed by atoms with E-state index in [0.29, 0.717) is 52.9 Å². The molecule has 0 aliphatic carbocycles. The van der Waals surface area contributed by atoms with E-state index >= 15 is 0 Å². The summed E-state index contributed by atoms with van der Waals surface area (Å²) in [6, 6.07) is 25.2. The summed E-state index contributed by atoms with van der Waals surface area (Å²) in [7, 11) is 3.40. The van der Waals surface area contributed by atoms with Crippen molar-refractivity contribution in [2.24, 2.45) is 0 Å². The van der Waals surface area contributed by atoms with E-state index in [9.17, 15) is 0 Å². The first-order valence-electron chi connectivity index (χ1n) is 14.3. The Morgan fingerprint density at radius 2 is 0.643 bits per heavy atom. The molecule has 4 aliphatic heterocycles. The Labute approximate surface area is 249 Å². The lowest BCUT2D eigenvalue weighted by Gasteiger charge is -2.17. The molecule has 8 bridgehead atoms. The number of hydrogen-bond donors (Lipinski definition) is 0. The molecule has 0 unspecified atom stereocenters. The number of hydrogen-bond acceptors (Lipinski definition) is 6. The maximum absolute atomic E-state index is 6.11. The molecule has 220 valence electrons. The van der Waals surface area contributed by atoms with E-state index in [0.717, 1.165) is 67.1 Å². The molecular formula is C36H40O6. The molecule has 0 N–H and O–H groups in total. The van der Waals surface area contributed by atoms with Crippen LogP contribution >= 0.6 is 0 Å². The smallest absolute Gasteiger partial charge is 0.129 e. The molecular weight excluding hydrogens is 528 g/mol. The highest BCUT2D eigenvalue weighted by Gasteiger charge is 2.14. The summed E-state index contributed by atoms with van der Waals surface area (Å²) in [5, 5.41) is 0. The third-order valence-electron chi connectivity index (χ3n) is 7.33. The Morgan fingerprint density at radius 1 is 0.405 bits per heavy atom. The third kappa shape index (κ3) is 7.78. The number of methoxy groups -OCH3 is 2. The Balaban J connectivity index is 1.36. The monoisotopic (exact) mass is 568 g/mol. The first-order valence-corrected chi connectivity index (χ1v) is 14.3. The summed E-state index contributed by atoms with van der Waals surface area (Å²) < 4.78 is 36.0. The lowest BCUT2D eigenvalue weighted by molar-refractivity contribution is 0.0976. The van der Waals surface area contributed by atoms with Gasteiger partial charge >= 0.3 is 0 Å². The Kier molecular flexibility index (Phi) is 10.3. The summed E-state index contributed by atoms with van der Waals surface area (Å²) in [5.41, 5.74) is 10.8. The van der Waals surface area contributed by atoms with Crippen LogP contribution in [0.3, 0.4) is 0 Å². The molecule has 0 saturated carbocycles. The number of aryl methyl sites for hydroxylation is 2. The van der Waals surface area contributed by atoms with Crippen molar-refractivity contribution in [3.63, 3.8) is 0 Å². The van der Waals surface area contributed by atoms with Gasteiger partial charge in [-0.15, -0.1) is 0 Å². The van der Waals surface area contributed by atoms with Gasteiger partial charge in [0.1, 0.15) is 11.5 Å². The molecule has 4 aromatic carbocycles. The first-order chi connectivity index (χ1) is 20.5. The quantitative estimate of drug-likeness (QED) is 0.250. The van der Waals surface area contributed by atoms with E-state index in [1.807, 2.05) is 0 Å². The molecule has 0 atom stereocenters. The van der Waals surface area contributed by atoms with Gasteiger partial charge in [-0.25, -0.2) is 0 Å². The molecule has 6 heteroatoms. The second kappa shape index (κ2) is 14.5. The first kappa shape index (κ1) is 29.8. The molecule has 0 fully saturated rings. The van der Waals surface area contributed by atoms with Crippen molar-refractivity contribution < 1.29 is 28.4 Å². The molecule has 4 aromatic rings. The number of ether oxygens (including phenoxy) is 6. The minimum absolute atomic E-state index is 0.451. The average Bonchev–Trinajstić information content (AvgIpc) is 2.98. The van der Waals surface area contributed by atoms with Crippen molar-refractivity contribution in [1.29, 1.82) is 0 Å². The third-order valence-corrected chi connectivity index (χ3v) is 7.33. The molecule has 0 spiro atoms. The van der Waals surface area contributed by atoms with Crippen molar-refractivity contribution >= 4 is 0 Å². The van der Waals surface area contributed by atoms with Gasteiger partial charge in [0.25, 0.3) is 0 Å². The standard InChI is InChI=1S/C36H40O6/c1-25-13-31-21-39-17-27-5-9-29(10-6-27)19-41-23-33-15-26(2)16-34(36(33)38-4)24-42-20-30-11-7-28(8-12-30)18-40-22-32(14-25)35(31)37-3/h5-16H,17-24H2,1-4H3. The van der Waals surface area contributed by atoms with Crippen LogP contribution in [-0.2, 0) is 71.8 Å². The number of rotatable bonds is 2. The fraction of sp³-hybridized carbons (Fsp3) is 0.333. The van der Waals surface area contributed by atoms with Gasteiger partial charge < -0.3 is 28.4 Å². The van der Waals surface area contributed by atoms with Crippen LogP contribution in [0.15, 0.2) is 72.8 Å². The maximum atomic E-state index is 6.11. The zero-order valence-corrected chi connectivity index (χ0v) is 25.0. The van der Waals surface area contributed by atoms with Gasteiger partial charge in [0.2, 0.25) is 0 Å². The van der Waals surface area contributed by atoms with Crippen LogP contribution in [-0.4, -0.2) is 14.2 Å². The minimum Gasteiger partial charge on any atom is -0.496 e. The fourth-order valence-electron chi connectivity index (χ4n) is 5.39. The summed E-state index contributed by atoms with van der Waals surface area (Å²) >= 11 is 0. The Bertz CT molecular complexity index is 1250. The van der Waals surface area contributed by atoms with Gasteiger partial charge in [-0.2, -0.15) is 0 Å². The highest BCUT2D eigenvalue weighted by Crippen LogP contribution is 2.29. The topological polar surface area (TPSA) is 55.4 Å². The van der Waals surface area contributed by atoms with Crippen LogP contribution in [0.25, 0.3) is 0 Å². The predicted molar refractivity (Wildman–Crippen MR) is 162 cm³/mol. The molecule has 0 amide bonds. The number of benzene rings is 4. The molecule has 4 heterocycles. The van der Waals surface area contributed by atoms with E-state index in [1.165, 1.54) is 0 Å². The van der Waals surface area contributed by atoms with Gasteiger partial charge in [0.05, 0.1) is 67.1 Å². The van der Waals surface area contributed by atoms with Crippen LogP contribution in [0.5, 0.6) is 11.5 Å². The van der Waals surface area contributed by atoms with Gasteiger partial charge in [-0.05, 0) is 36.1 Å². The molecule has 0 aromatic heterocycles. The van der Waals surface area contributed by atoms with Gasteiger partial charge in [-0.1, -0.05) is 83.9 Å². The van der Waals surface area contributed by atoms with Crippen LogP contribution in [0, 0.1) is 13.8 Å². The fourth-order valence-corrected chi connectivity index (χ4v) is 5.39. The normalized spacial score (nSPS) is 15.0. The molecule has 0 radical (unpaired) electrons. The second-order valence-corrected chi connectivity index (χ2v) is 10.8. The van der Waals surface area contributed by atoms with Crippen LogP contribution in [0.2, 0.25) is 0 Å². The zero-order chi connectivity index (χ0) is 29.3. The Hall–Kier alpha value is -3.68. The average molecular weight is 569 g/mol. The molecule has 8 rings (SSSR count). The predicted octanol–water partition coefficient (Wildman–Crippen LogP) is 7.50. The largest absolute Gasteiger partial charge is 0.496 e. The van der Waals surface area contributed by atoms with Gasteiger partial charge in [0.15, 0.2) is 0 Å². The molecule has 42 heavy (non-hydrogen) atoms. The SMILES string of the molecule is COc1c2cc(C)cc1COCc1ccc(cc1)COCc1cc(C)cc(c1OC)COCc1ccc(cc1)COC2. The molecule has 0 saturated heterocycles. The van der Waals surface area contributed by atoms with Crippen molar-refractivity contribution in [3.05, 3.63) is 128 Å². The van der Waals surface area contributed by atoms with E-state index in [-0.39, 0.29) is 0 Å². The van der Waals surface area contributed by atoms with Gasteiger partial charge in [-0.3, -0.25) is 0 Å². The van der Waals surface area contributed by atoms with Crippen LogP contribution in [0.1, 0.15) is 55.6 Å². The van der Waals surface area contributed by atoms with E-state index in [4.69, 9.17) is 28.4 Å². The van der Waals surface area contributed by atoms with E-state index in [2.05, 4.69) is 86.6 Å². The lowest BCUT2D eigenvalue weighted by Crippen LogP contribution is -2.04. The van der Waals surface area contributed by atoms with Crippen molar-refractivity contribution in [2.75, 3.05) is 14.2 Å². The summed E-state index contributed by atoms with van der Waals surface area (Å²) in [6.07, 6.45) is 0.